The number of alkyl halides is 3. The summed E-state index contributed by atoms with van der Waals surface area (Å²) in [4.78, 5) is 0. The molecule has 0 aliphatic heterocycles. The lowest BCUT2D eigenvalue weighted by molar-refractivity contribution is -0.137. The second-order valence-corrected chi connectivity index (χ2v) is 5.57. The van der Waals surface area contributed by atoms with Gasteiger partial charge in [-0.2, -0.15) is 18.3 Å². The van der Waals surface area contributed by atoms with E-state index >= 15 is 0 Å². The van der Waals surface area contributed by atoms with E-state index in [0.717, 1.165) is 42.7 Å². The zero-order valence-corrected chi connectivity index (χ0v) is 14.0. The van der Waals surface area contributed by atoms with Crippen molar-refractivity contribution in [2.24, 2.45) is 5.10 Å². The van der Waals surface area contributed by atoms with Crippen molar-refractivity contribution in [1.29, 1.82) is 0 Å². The Labute approximate surface area is 145 Å². The van der Waals surface area contributed by atoms with Gasteiger partial charge in [0, 0.05) is 0 Å². The highest BCUT2D eigenvalue weighted by molar-refractivity contribution is 5.80. The topological polar surface area (TPSA) is 33.6 Å². The Bertz CT molecular complexity index is 682. The number of rotatable bonds is 8. The minimum atomic E-state index is -4.37. The average Bonchev–Trinajstić information content (AvgIpc) is 2.60. The van der Waals surface area contributed by atoms with E-state index in [-0.39, 0.29) is 5.69 Å². The zero-order chi connectivity index (χ0) is 18.1. The second kappa shape index (κ2) is 9.11. The molecule has 0 saturated heterocycles. The van der Waals surface area contributed by atoms with Gasteiger partial charge in [0.2, 0.25) is 0 Å². The Morgan fingerprint density at radius 2 is 1.84 bits per heavy atom. The van der Waals surface area contributed by atoms with Crippen molar-refractivity contribution >= 4 is 11.9 Å². The van der Waals surface area contributed by atoms with Gasteiger partial charge in [0.25, 0.3) is 0 Å². The molecule has 0 saturated carbocycles. The van der Waals surface area contributed by atoms with Gasteiger partial charge < -0.3 is 4.74 Å². The number of anilines is 1. The highest BCUT2D eigenvalue weighted by atomic mass is 19.4. The van der Waals surface area contributed by atoms with Gasteiger partial charge in [-0.1, -0.05) is 25.8 Å². The molecule has 25 heavy (non-hydrogen) atoms. The normalized spacial score (nSPS) is 11.7. The maximum absolute atomic E-state index is 12.6. The maximum Gasteiger partial charge on any atom is 0.416 e. The van der Waals surface area contributed by atoms with Gasteiger partial charge in [-0.05, 0) is 54.4 Å². The van der Waals surface area contributed by atoms with E-state index in [1.165, 1.54) is 12.1 Å². The van der Waals surface area contributed by atoms with Crippen LogP contribution < -0.4 is 10.2 Å². The first kappa shape index (κ1) is 18.8. The summed E-state index contributed by atoms with van der Waals surface area (Å²) in [5.74, 6) is 0.791. The number of benzene rings is 2. The lowest BCUT2D eigenvalue weighted by atomic mass is 10.2. The van der Waals surface area contributed by atoms with Gasteiger partial charge in [0.05, 0.1) is 24.1 Å². The lowest BCUT2D eigenvalue weighted by Gasteiger charge is -2.08. The maximum atomic E-state index is 12.6. The fourth-order valence-electron chi connectivity index (χ4n) is 2.14. The molecule has 3 nitrogen and oxygen atoms in total. The van der Waals surface area contributed by atoms with Gasteiger partial charge in [-0.25, -0.2) is 0 Å². The van der Waals surface area contributed by atoms with Crippen molar-refractivity contribution in [3.8, 4) is 5.75 Å². The van der Waals surface area contributed by atoms with Crippen LogP contribution in [0.2, 0.25) is 0 Å². The molecule has 0 aromatic heterocycles. The number of nitrogens with zero attached hydrogens (tertiary/aromatic N) is 1. The smallest absolute Gasteiger partial charge is 0.416 e. The van der Waals surface area contributed by atoms with Crippen LogP contribution in [0.1, 0.15) is 37.3 Å². The van der Waals surface area contributed by atoms with E-state index in [1.807, 2.05) is 24.3 Å². The Hall–Kier alpha value is -2.50. The number of hydrazone groups is 1. The van der Waals surface area contributed by atoms with E-state index in [2.05, 4.69) is 17.5 Å². The molecule has 0 spiro atoms. The van der Waals surface area contributed by atoms with E-state index in [4.69, 9.17) is 4.74 Å². The number of halogens is 3. The zero-order valence-electron chi connectivity index (χ0n) is 14.0. The summed E-state index contributed by atoms with van der Waals surface area (Å²) < 4.78 is 43.6. The summed E-state index contributed by atoms with van der Waals surface area (Å²) >= 11 is 0. The summed E-state index contributed by atoms with van der Waals surface area (Å²) in [5.41, 5.74) is 3.00. The molecule has 1 N–H and O–H groups in total. The van der Waals surface area contributed by atoms with Crippen molar-refractivity contribution in [1.82, 2.24) is 0 Å². The third-order valence-electron chi connectivity index (χ3n) is 3.49. The molecule has 0 radical (unpaired) electrons. The summed E-state index contributed by atoms with van der Waals surface area (Å²) in [5, 5.41) is 3.97. The molecule has 0 fully saturated rings. The second-order valence-electron chi connectivity index (χ2n) is 5.57. The van der Waals surface area contributed by atoms with Crippen LogP contribution in [0.5, 0.6) is 5.75 Å². The molecule has 0 unspecified atom stereocenters. The minimum Gasteiger partial charge on any atom is -0.494 e. The lowest BCUT2D eigenvalue weighted by Crippen LogP contribution is -2.05. The summed E-state index contributed by atoms with van der Waals surface area (Å²) in [7, 11) is 0. The Morgan fingerprint density at radius 3 is 2.52 bits per heavy atom. The molecule has 0 aliphatic carbocycles. The standard InChI is InChI=1S/C19H21F3N2O/c1-2-3-4-12-25-18-10-8-15(9-11-18)14-23-24-17-7-5-6-16(13-17)19(20,21)22/h5-11,13-14,24H,2-4,12H2,1H3. The van der Waals surface area contributed by atoms with Gasteiger partial charge in [0.1, 0.15) is 5.75 Å². The van der Waals surface area contributed by atoms with Crippen LogP contribution in [0.15, 0.2) is 53.6 Å². The van der Waals surface area contributed by atoms with Crippen LogP contribution >= 0.6 is 0 Å². The number of hydrogen-bond donors (Lipinski definition) is 1. The molecule has 2 aromatic carbocycles. The average molecular weight is 350 g/mol. The molecule has 0 heterocycles. The summed E-state index contributed by atoms with van der Waals surface area (Å²) in [6, 6.07) is 12.3. The first-order chi connectivity index (χ1) is 12.0. The van der Waals surface area contributed by atoms with Crippen molar-refractivity contribution in [3.05, 3.63) is 59.7 Å². The molecule has 0 aliphatic rings. The molecule has 134 valence electrons. The van der Waals surface area contributed by atoms with Crippen LogP contribution in [-0.2, 0) is 6.18 Å². The number of ether oxygens (including phenoxy) is 1. The van der Waals surface area contributed by atoms with E-state index in [9.17, 15) is 13.2 Å². The molecule has 6 heteroatoms. The van der Waals surface area contributed by atoms with Crippen molar-refractivity contribution < 1.29 is 17.9 Å². The SMILES string of the molecule is CCCCCOc1ccc(C=NNc2cccc(C(F)(F)F)c2)cc1. The molecular weight excluding hydrogens is 329 g/mol. The van der Waals surface area contributed by atoms with Gasteiger partial charge >= 0.3 is 6.18 Å². The highest BCUT2D eigenvalue weighted by Gasteiger charge is 2.30. The number of nitrogens with one attached hydrogen (secondary N) is 1. The summed E-state index contributed by atoms with van der Waals surface area (Å²) in [6.07, 6.45) is 0.500. The molecular formula is C19H21F3N2O. The van der Waals surface area contributed by atoms with Crippen molar-refractivity contribution in [3.63, 3.8) is 0 Å². The predicted molar refractivity (Wildman–Crippen MR) is 94.1 cm³/mol. The number of hydrogen-bond acceptors (Lipinski definition) is 3. The first-order valence-electron chi connectivity index (χ1n) is 8.18. The van der Waals surface area contributed by atoms with Gasteiger partial charge in [-0.15, -0.1) is 0 Å². The Kier molecular flexibility index (Phi) is 6.86. The van der Waals surface area contributed by atoms with E-state index < -0.39 is 11.7 Å². The quantitative estimate of drug-likeness (QED) is 0.375. The van der Waals surface area contributed by atoms with Crippen LogP contribution in [0.3, 0.4) is 0 Å². The molecule has 0 amide bonds. The molecule has 0 bridgehead atoms. The third-order valence-corrected chi connectivity index (χ3v) is 3.49. The van der Waals surface area contributed by atoms with Crippen molar-refractivity contribution in [2.75, 3.05) is 12.0 Å². The number of unbranched alkanes of at least 4 members (excludes halogenated alkanes) is 2. The third kappa shape index (κ3) is 6.49. The van der Waals surface area contributed by atoms with Crippen LogP contribution in [0, 0.1) is 0 Å². The van der Waals surface area contributed by atoms with Gasteiger partial charge in [0.15, 0.2) is 0 Å². The van der Waals surface area contributed by atoms with Crippen LogP contribution in [-0.4, -0.2) is 12.8 Å². The highest BCUT2D eigenvalue weighted by Crippen LogP contribution is 2.30. The fourth-order valence-corrected chi connectivity index (χ4v) is 2.14. The van der Waals surface area contributed by atoms with E-state index in [0.29, 0.717) is 6.61 Å². The minimum absolute atomic E-state index is 0.280. The Balaban J connectivity index is 1.88. The van der Waals surface area contributed by atoms with Crippen molar-refractivity contribution in [2.45, 2.75) is 32.4 Å². The van der Waals surface area contributed by atoms with Crippen LogP contribution in [0.4, 0.5) is 18.9 Å². The summed E-state index contributed by atoms with van der Waals surface area (Å²) in [6.45, 7) is 2.83. The largest absolute Gasteiger partial charge is 0.494 e. The van der Waals surface area contributed by atoms with E-state index in [1.54, 1.807) is 6.21 Å². The predicted octanol–water partition coefficient (Wildman–Crippen LogP) is 5.72. The molecule has 2 rings (SSSR count). The van der Waals surface area contributed by atoms with Crippen LogP contribution in [0.25, 0.3) is 0 Å². The van der Waals surface area contributed by atoms with Gasteiger partial charge in [-0.3, -0.25) is 5.43 Å². The monoisotopic (exact) mass is 350 g/mol. The fraction of sp³-hybridized carbons (Fsp3) is 0.316. The first-order valence-corrected chi connectivity index (χ1v) is 8.18. The Morgan fingerprint density at radius 1 is 1.08 bits per heavy atom. The molecule has 2 aromatic rings. The molecule has 0 atom stereocenters.